The SMILES string of the molecule is CNc1cc(-c2cccnc2Oc2ccc(F)c(C(=O)Nc3cc(C(F)(F)F)ccc3N(C)CCN(C)C)c2)ccn1. The number of likely N-dealkylation sites (N-methyl/N-ethyl adjacent to an activating group) is 2. The van der Waals surface area contributed by atoms with Crippen molar-refractivity contribution in [2.75, 3.05) is 56.8 Å². The van der Waals surface area contributed by atoms with Gasteiger partial charge in [0.1, 0.15) is 17.4 Å². The molecule has 0 fully saturated rings. The molecule has 42 heavy (non-hydrogen) atoms. The molecule has 0 saturated carbocycles. The summed E-state index contributed by atoms with van der Waals surface area (Å²) in [5, 5.41) is 5.43. The van der Waals surface area contributed by atoms with Crippen LogP contribution in [-0.4, -0.2) is 62.1 Å². The predicted octanol–water partition coefficient (Wildman–Crippen LogP) is 6.39. The van der Waals surface area contributed by atoms with E-state index in [1.807, 2.05) is 19.0 Å². The molecule has 8 nitrogen and oxygen atoms in total. The van der Waals surface area contributed by atoms with E-state index in [4.69, 9.17) is 4.74 Å². The van der Waals surface area contributed by atoms with E-state index in [2.05, 4.69) is 20.6 Å². The van der Waals surface area contributed by atoms with Crippen LogP contribution in [0.1, 0.15) is 15.9 Å². The van der Waals surface area contributed by atoms with Gasteiger partial charge >= 0.3 is 6.18 Å². The Morgan fingerprint density at radius 1 is 0.952 bits per heavy atom. The highest BCUT2D eigenvalue weighted by Crippen LogP contribution is 2.36. The Bertz CT molecular complexity index is 1560. The zero-order valence-corrected chi connectivity index (χ0v) is 23.5. The highest BCUT2D eigenvalue weighted by atomic mass is 19.4. The number of anilines is 3. The van der Waals surface area contributed by atoms with E-state index >= 15 is 0 Å². The highest BCUT2D eigenvalue weighted by Gasteiger charge is 2.31. The molecule has 220 valence electrons. The Labute approximate surface area is 241 Å². The lowest BCUT2D eigenvalue weighted by molar-refractivity contribution is -0.137. The zero-order valence-electron chi connectivity index (χ0n) is 23.5. The third-order valence-electron chi connectivity index (χ3n) is 6.36. The number of rotatable bonds is 10. The first-order valence-electron chi connectivity index (χ1n) is 12.9. The van der Waals surface area contributed by atoms with Crippen LogP contribution in [0.2, 0.25) is 0 Å². The maximum atomic E-state index is 14.9. The van der Waals surface area contributed by atoms with E-state index in [-0.39, 0.29) is 17.3 Å². The van der Waals surface area contributed by atoms with Crippen LogP contribution in [0.3, 0.4) is 0 Å². The van der Waals surface area contributed by atoms with Crippen molar-refractivity contribution in [3.8, 4) is 22.8 Å². The van der Waals surface area contributed by atoms with Crippen LogP contribution in [0.5, 0.6) is 11.6 Å². The fourth-order valence-corrected chi connectivity index (χ4v) is 4.09. The molecule has 0 aliphatic rings. The summed E-state index contributed by atoms with van der Waals surface area (Å²) in [5.41, 5.74) is 0.273. The molecule has 1 amide bonds. The summed E-state index contributed by atoms with van der Waals surface area (Å²) in [5.74, 6) is -0.871. The number of carbonyl (C=O) groups excluding carboxylic acids is 1. The first-order valence-corrected chi connectivity index (χ1v) is 12.9. The second-order valence-corrected chi connectivity index (χ2v) is 9.69. The minimum absolute atomic E-state index is 0.105. The normalized spacial score (nSPS) is 11.4. The third kappa shape index (κ3) is 7.32. The third-order valence-corrected chi connectivity index (χ3v) is 6.36. The first-order chi connectivity index (χ1) is 20.0. The van der Waals surface area contributed by atoms with Crippen LogP contribution in [0.4, 0.5) is 34.8 Å². The van der Waals surface area contributed by atoms with E-state index in [1.165, 1.54) is 24.4 Å². The van der Waals surface area contributed by atoms with Gasteiger partial charge in [-0.05, 0) is 80.3 Å². The van der Waals surface area contributed by atoms with E-state index in [0.29, 0.717) is 30.2 Å². The van der Waals surface area contributed by atoms with Gasteiger partial charge < -0.3 is 25.2 Å². The second-order valence-electron chi connectivity index (χ2n) is 9.69. The molecule has 0 spiro atoms. The lowest BCUT2D eigenvalue weighted by Crippen LogP contribution is -2.29. The smallest absolute Gasteiger partial charge is 0.416 e. The number of halogens is 4. The Morgan fingerprint density at radius 2 is 1.74 bits per heavy atom. The van der Waals surface area contributed by atoms with E-state index in [0.717, 1.165) is 23.8 Å². The van der Waals surface area contributed by atoms with Crippen molar-refractivity contribution in [3.63, 3.8) is 0 Å². The van der Waals surface area contributed by atoms with Crippen LogP contribution >= 0.6 is 0 Å². The molecule has 2 heterocycles. The molecule has 2 aromatic heterocycles. The number of alkyl halides is 3. The summed E-state index contributed by atoms with van der Waals surface area (Å²) in [6.07, 6.45) is -1.49. The van der Waals surface area contributed by atoms with Gasteiger partial charge in [-0.25, -0.2) is 14.4 Å². The minimum atomic E-state index is -4.64. The number of benzene rings is 2. The van der Waals surface area contributed by atoms with Crippen LogP contribution in [0.25, 0.3) is 11.1 Å². The van der Waals surface area contributed by atoms with Gasteiger partial charge in [0.15, 0.2) is 0 Å². The molecule has 0 atom stereocenters. The monoisotopic (exact) mass is 582 g/mol. The number of nitrogens with zero attached hydrogens (tertiary/aromatic N) is 4. The van der Waals surface area contributed by atoms with Gasteiger partial charge in [-0.15, -0.1) is 0 Å². The number of hydrogen-bond donors (Lipinski definition) is 2. The Hall–Kier alpha value is -4.71. The zero-order chi connectivity index (χ0) is 30.4. The number of nitrogens with one attached hydrogen (secondary N) is 2. The number of pyridine rings is 2. The summed E-state index contributed by atoms with van der Waals surface area (Å²) in [4.78, 5) is 25.4. The van der Waals surface area contributed by atoms with Crippen molar-refractivity contribution in [3.05, 3.63) is 90.0 Å². The maximum absolute atomic E-state index is 14.9. The van der Waals surface area contributed by atoms with Crippen LogP contribution in [0.15, 0.2) is 73.1 Å². The Balaban J connectivity index is 1.64. The van der Waals surface area contributed by atoms with Gasteiger partial charge in [0, 0.05) is 45.1 Å². The number of ether oxygens (including phenoxy) is 1. The molecular formula is C30H30F4N6O2. The predicted molar refractivity (Wildman–Crippen MR) is 155 cm³/mol. The average molecular weight is 583 g/mol. The van der Waals surface area contributed by atoms with E-state index in [9.17, 15) is 22.4 Å². The highest BCUT2D eigenvalue weighted by molar-refractivity contribution is 6.06. The quantitative estimate of drug-likeness (QED) is 0.210. The van der Waals surface area contributed by atoms with Gasteiger partial charge in [0.2, 0.25) is 5.88 Å². The molecule has 4 aromatic rings. The molecule has 2 aromatic carbocycles. The van der Waals surface area contributed by atoms with Crippen LogP contribution in [0, 0.1) is 5.82 Å². The number of amides is 1. The number of carbonyl (C=O) groups is 1. The topological polar surface area (TPSA) is 82.6 Å². The van der Waals surface area contributed by atoms with Crippen molar-refractivity contribution in [1.29, 1.82) is 0 Å². The number of hydrogen-bond acceptors (Lipinski definition) is 7. The summed E-state index contributed by atoms with van der Waals surface area (Å²) in [7, 11) is 7.17. The fourth-order valence-electron chi connectivity index (χ4n) is 4.09. The molecule has 12 heteroatoms. The van der Waals surface area contributed by atoms with Crippen molar-refractivity contribution in [1.82, 2.24) is 14.9 Å². The lowest BCUT2D eigenvalue weighted by atomic mass is 10.1. The molecule has 0 aliphatic heterocycles. The second kappa shape index (κ2) is 12.9. The molecule has 0 bridgehead atoms. The molecule has 0 radical (unpaired) electrons. The van der Waals surface area contributed by atoms with Crippen molar-refractivity contribution in [2.24, 2.45) is 0 Å². The van der Waals surface area contributed by atoms with Crippen molar-refractivity contribution >= 4 is 23.1 Å². The van der Waals surface area contributed by atoms with Gasteiger partial charge in [0.05, 0.1) is 22.5 Å². The molecule has 4 rings (SSSR count). The minimum Gasteiger partial charge on any atom is -0.438 e. The molecule has 0 saturated heterocycles. The van der Waals surface area contributed by atoms with E-state index < -0.39 is 29.0 Å². The number of aromatic nitrogens is 2. The molecule has 2 N–H and O–H groups in total. The van der Waals surface area contributed by atoms with Gasteiger partial charge in [-0.1, -0.05) is 0 Å². The van der Waals surface area contributed by atoms with Gasteiger partial charge in [-0.3, -0.25) is 4.79 Å². The first kappa shape index (κ1) is 30.3. The van der Waals surface area contributed by atoms with Crippen molar-refractivity contribution < 1.29 is 27.1 Å². The van der Waals surface area contributed by atoms with Crippen LogP contribution < -0.4 is 20.3 Å². The summed E-state index contributed by atoms with van der Waals surface area (Å²) < 4.78 is 61.4. The van der Waals surface area contributed by atoms with Gasteiger partial charge in [0.25, 0.3) is 5.91 Å². The lowest BCUT2D eigenvalue weighted by Gasteiger charge is -2.25. The standard InChI is InChI=1S/C30H30F4N6O2/c1-35-27-16-19(11-13-36-27)22-6-5-12-37-29(22)42-21-8-9-24(31)23(18-21)28(41)38-25-17-20(30(32,33)34)7-10-26(25)40(4)15-14-39(2)3/h5-13,16-18H,14-15H2,1-4H3,(H,35,36)(H,38,41). The van der Waals surface area contributed by atoms with Crippen molar-refractivity contribution in [2.45, 2.75) is 6.18 Å². The maximum Gasteiger partial charge on any atom is 0.416 e. The fraction of sp³-hybridized carbons (Fsp3) is 0.233. The molecular weight excluding hydrogens is 552 g/mol. The Kier molecular flexibility index (Phi) is 9.26. The molecule has 0 aliphatic carbocycles. The van der Waals surface area contributed by atoms with Crippen LogP contribution in [-0.2, 0) is 6.18 Å². The Morgan fingerprint density at radius 3 is 2.45 bits per heavy atom. The average Bonchev–Trinajstić information content (AvgIpc) is 2.96. The summed E-state index contributed by atoms with van der Waals surface area (Å²) in [6.45, 7) is 1.09. The largest absolute Gasteiger partial charge is 0.438 e. The van der Waals surface area contributed by atoms with Gasteiger partial charge in [-0.2, -0.15) is 13.2 Å². The summed E-state index contributed by atoms with van der Waals surface area (Å²) in [6, 6.07) is 13.7. The summed E-state index contributed by atoms with van der Waals surface area (Å²) >= 11 is 0. The molecule has 0 unspecified atom stereocenters. The van der Waals surface area contributed by atoms with E-state index in [1.54, 1.807) is 49.5 Å².